The second kappa shape index (κ2) is 9.86. The highest BCUT2D eigenvalue weighted by Crippen LogP contribution is 2.44. The minimum absolute atomic E-state index is 0.0971. The monoisotopic (exact) mass is 462 g/mol. The van der Waals surface area contributed by atoms with Crippen LogP contribution in [0.1, 0.15) is 38.8 Å². The number of rotatable bonds is 5. The van der Waals surface area contributed by atoms with E-state index >= 15 is 4.57 Å². The molecule has 0 aliphatic rings. The molecule has 0 fully saturated rings. The Morgan fingerprint density at radius 2 is 1.09 bits per heavy atom. The predicted molar refractivity (Wildman–Crippen MR) is 148 cm³/mol. The molecule has 0 aromatic heterocycles. The van der Waals surface area contributed by atoms with Crippen LogP contribution < -0.4 is 15.9 Å². The van der Waals surface area contributed by atoms with E-state index in [1.165, 1.54) is 0 Å². The Labute approximate surface area is 203 Å². The third-order valence-electron chi connectivity index (χ3n) is 6.01. The van der Waals surface area contributed by atoms with Gasteiger partial charge in [0, 0.05) is 21.5 Å². The fourth-order valence-electron chi connectivity index (χ4n) is 4.32. The summed E-state index contributed by atoms with van der Waals surface area (Å²) >= 11 is 0. The van der Waals surface area contributed by atoms with Crippen LogP contribution in [0, 0.1) is 5.41 Å². The third-order valence-corrected chi connectivity index (χ3v) is 9.13. The predicted octanol–water partition coefficient (Wildman–Crippen LogP) is 7.46. The van der Waals surface area contributed by atoms with E-state index in [0.717, 1.165) is 38.2 Å². The average molecular weight is 463 g/mol. The maximum atomic E-state index is 15.0. The van der Waals surface area contributed by atoms with Crippen LogP contribution in [-0.2, 0) is 4.57 Å². The first kappa shape index (κ1) is 23.8. The zero-order valence-corrected chi connectivity index (χ0v) is 21.2. The molecule has 4 rings (SSSR count). The average Bonchev–Trinajstić information content (AvgIpc) is 2.87. The summed E-state index contributed by atoms with van der Waals surface area (Å²) in [5, 5.41) is 2.52. The standard InChI is InChI=1S/C32H31OP/c1-25(24-30(32(2,3)4)26-16-8-5-9-17-26)29-22-14-15-23-31(29)34(33,27-18-10-6-11-19-27)28-20-12-7-13-21-28/h5-23H,1-4H3. The van der Waals surface area contributed by atoms with Crippen LogP contribution in [0.15, 0.2) is 121 Å². The summed E-state index contributed by atoms with van der Waals surface area (Å²) < 4.78 is 15.0. The van der Waals surface area contributed by atoms with Crippen molar-refractivity contribution in [2.45, 2.75) is 27.7 Å². The topological polar surface area (TPSA) is 17.1 Å². The third kappa shape index (κ3) is 4.78. The minimum atomic E-state index is -3.09. The van der Waals surface area contributed by atoms with Gasteiger partial charge in [-0.3, -0.25) is 0 Å². The first-order valence-electron chi connectivity index (χ1n) is 11.7. The van der Waals surface area contributed by atoms with Crippen molar-refractivity contribution < 1.29 is 4.57 Å². The minimum Gasteiger partial charge on any atom is -0.309 e. The number of allylic oxidation sites excluding steroid dienone is 1. The van der Waals surface area contributed by atoms with E-state index in [9.17, 15) is 0 Å². The van der Waals surface area contributed by atoms with Gasteiger partial charge in [-0.2, -0.15) is 0 Å². The van der Waals surface area contributed by atoms with Gasteiger partial charge in [-0.15, -0.1) is 5.73 Å². The van der Waals surface area contributed by atoms with Gasteiger partial charge in [-0.25, -0.2) is 0 Å². The summed E-state index contributed by atoms with van der Waals surface area (Å²) in [6.45, 7) is 8.70. The Balaban J connectivity index is 2.02. The van der Waals surface area contributed by atoms with Gasteiger partial charge < -0.3 is 4.57 Å². The summed E-state index contributed by atoms with van der Waals surface area (Å²) in [6.07, 6.45) is 0. The molecule has 170 valence electrons. The molecule has 0 N–H and O–H groups in total. The van der Waals surface area contributed by atoms with Crippen LogP contribution in [0.5, 0.6) is 0 Å². The smallest absolute Gasteiger partial charge is 0.171 e. The van der Waals surface area contributed by atoms with Gasteiger partial charge in [-0.05, 0) is 29.0 Å². The summed E-state index contributed by atoms with van der Waals surface area (Å²) in [5.74, 6) is 0. The van der Waals surface area contributed by atoms with E-state index in [-0.39, 0.29) is 5.41 Å². The largest absolute Gasteiger partial charge is 0.309 e. The zero-order valence-electron chi connectivity index (χ0n) is 20.3. The van der Waals surface area contributed by atoms with Crippen molar-refractivity contribution in [1.82, 2.24) is 0 Å². The van der Waals surface area contributed by atoms with Crippen LogP contribution in [0.25, 0.3) is 11.1 Å². The maximum Gasteiger partial charge on any atom is 0.171 e. The van der Waals surface area contributed by atoms with Crippen molar-refractivity contribution in [2.75, 3.05) is 0 Å². The Hall–Kier alpha value is -3.37. The van der Waals surface area contributed by atoms with Crippen LogP contribution >= 0.6 is 7.14 Å². The summed E-state index contributed by atoms with van der Waals surface area (Å²) in [4.78, 5) is 0. The number of hydrogen-bond donors (Lipinski definition) is 0. The lowest BCUT2D eigenvalue weighted by molar-refractivity contribution is 0.567. The van der Waals surface area contributed by atoms with E-state index in [1.807, 2.05) is 84.9 Å². The molecule has 4 aromatic carbocycles. The highest BCUT2D eigenvalue weighted by atomic mass is 31.2. The maximum absolute atomic E-state index is 15.0. The Bertz CT molecular complexity index is 1330. The molecule has 0 atom stereocenters. The molecule has 2 heteroatoms. The van der Waals surface area contributed by atoms with Gasteiger partial charge in [0.1, 0.15) is 0 Å². The van der Waals surface area contributed by atoms with E-state index in [2.05, 4.69) is 63.8 Å². The van der Waals surface area contributed by atoms with Gasteiger partial charge >= 0.3 is 0 Å². The molecule has 0 radical (unpaired) electrons. The highest BCUT2D eigenvalue weighted by Gasteiger charge is 2.32. The van der Waals surface area contributed by atoms with Crippen LogP contribution in [0.4, 0.5) is 0 Å². The van der Waals surface area contributed by atoms with Crippen LogP contribution in [0.2, 0.25) is 0 Å². The van der Waals surface area contributed by atoms with Crippen LogP contribution in [-0.4, -0.2) is 0 Å². The van der Waals surface area contributed by atoms with E-state index < -0.39 is 7.14 Å². The molecule has 34 heavy (non-hydrogen) atoms. The van der Waals surface area contributed by atoms with E-state index in [4.69, 9.17) is 0 Å². The fraction of sp³-hybridized carbons (Fsp3) is 0.156. The van der Waals surface area contributed by atoms with E-state index in [0.29, 0.717) is 0 Å². The van der Waals surface area contributed by atoms with Gasteiger partial charge in [-0.1, -0.05) is 136 Å². The first-order chi connectivity index (χ1) is 16.3. The Morgan fingerprint density at radius 1 is 0.647 bits per heavy atom. The molecule has 0 amide bonds. The molecule has 4 aromatic rings. The Morgan fingerprint density at radius 3 is 1.59 bits per heavy atom. The van der Waals surface area contributed by atoms with Gasteiger partial charge in [0.15, 0.2) is 7.14 Å². The van der Waals surface area contributed by atoms with Gasteiger partial charge in [0.25, 0.3) is 0 Å². The van der Waals surface area contributed by atoms with E-state index in [1.54, 1.807) is 0 Å². The molecule has 0 unspecified atom stereocenters. The highest BCUT2D eigenvalue weighted by molar-refractivity contribution is 7.85. The quantitative estimate of drug-likeness (QED) is 0.222. The summed E-state index contributed by atoms with van der Waals surface area (Å²) in [5.41, 5.74) is 7.86. The van der Waals surface area contributed by atoms with Gasteiger partial charge in [0.05, 0.1) is 0 Å². The van der Waals surface area contributed by atoms with Crippen molar-refractivity contribution in [3.05, 3.63) is 132 Å². The molecule has 0 bridgehead atoms. The van der Waals surface area contributed by atoms with Gasteiger partial charge in [0.2, 0.25) is 0 Å². The fourth-order valence-corrected chi connectivity index (χ4v) is 7.24. The zero-order chi connectivity index (χ0) is 24.2. The molecule has 0 aliphatic carbocycles. The van der Waals surface area contributed by atoms with Crippen molar-refractivity contribution in [2.24, 2.45) is 5.41 Å². The summed E-state index contributed by atoms with van der Waals surface area (Å²) in [6, 6.07) is 38.2. The molecule has 1 nitrogen and oxygen atoms in total. The number of hydrogen-bond acceptors (Lipinski definition) is 1. The lowest BCUT2D eigenvalue weighted by Crippen LogP contribution is -2.27. The Kier molecular flexibility index (Phi) is 6.90. The van der Waals surface area contributed by atoms with Crippen molar-refractivity contribution in [1.29, 1.82) is 0 Å². The molecular formula is C32H31OP. The lowest BCUT2D eigenvalue weighted by atomic mass is 9.82. The van der Waals surface area contributed by atoms with Crippen molar-refractivity contribution in [3.8, 4) is 0 Å². The molecule has 0 heterocycles. The summed E-state index contributed by atoms with van der Waals surface area (Å²) in [7, 11) is -3.09. The second-order valence-corrected chi connectivity index (χ2v) is 12.3. The SMILES string of the molecule is CC(=C=C(c1ccccc1)C(C)(C)C)c1ccccc1P(=O)(c1ccccc1)c1ccccc1. The molecule has 0 saturated carbocycles. The van der Waals surface area contributed by atoms with Crippen molar-refractivity contribution >= 4 is 34.2 Å². The second-order valence-electron chi connectivity index (χ2n) is 9.54. The first-order valence-corrected chi connectivity index (χ1v) is 13.4. The molecule has 0 spiro atoms. The lowest BCUT2D eigenvalue weighted by Gasteiger charge is -2.24. The van der Waals surface area contributed by atoms with Crippen molar-refractivity contribution in [3.63, 3.8) is 0 Å². The molecular weight excluding hydrogens is 431 g/mol. The number of benzene rings is 4. The molecule has 0 saturated heterocycles. The molecule has 0 aliphatic heterocycles. The normalized spacial score (nSPS) is 11.5. The van der Waals surface area contributed by atoms with Crippen LogP contribution in [0.3, 0.4) is 0 Å².